The summed E-state index contributed by atoms with van der Waals surface area (Å²) in [5.74, 6) is 0.150. The summed E-state index contributed by atoms with van der Waals surface area (Å²) in [4.78, 5) is 16.8. The summed E-state index contributed by atoms with van der Waals surface area (Å²) in [6.07, 6.45) is 1.60. The topological polar surface area (TPSA) is 116 Å². The summed E-state index contributed by atoms with van der Waals surface area (Å²) in [5, 5.41) is 2.76. The van der Waals surface area contributed by atoms with Gasteiger partial charge in [-0.2, -0.15) is 0 Å². The summed E-state index contributed by atoms with van der Waals surface area (Å²) in [6, 6.07) is 14.6. The molecule has 2 aromatic carbocycles. The lowest BCUT2D eigenvalue weighted by Gasteiger charge is -2.13. The van der Waals surface area contributed by atoms with Crippen LogP contribution in [-0.4, -0.2) is 46.7 Å². The van der Waals surface area contributed by atoms with Crippen LogP contribution in [0.3, 0.4) is 0 Å². The number of hydrogen-bond donors (Lipinski definition) is 2. The number of ether oxygens (including phenoxy) is 3. The molecule has 1 aromatic heterocycles. The van der Waals surface area contributed by atoms with Gasteiger partial charge in [-0.05, 0) is 42.8 Å². The highest BCUT2D eigenvalue weighted by Gasteiger charge is 2.22. The second kappa shape index (κ2) is 11.5. The molecule has 0 spiro atoms. The first kappa shape index (κ1) is 25.0. The average Bonchev–Trinajstić information content (AvgIpc) is 2.84. The normalized spacial score (nSPS) is 11.0. The monoisotopic (exact) mass is 485 g/mol. The number of rotatable bonds is 11. The van der Waals surface area contributed by atoms with Crippen LogP contribution in [0, 0.1) is 6.92 Å². The first-order chi connectivity index (χ1) is 16.3. The Morgan fingerprint density at radius 3 is 2.41 bits per heavy atom. The minimum atomic E-state index is -3.99. The highest BCUT2D eigenvalue weighted by atomic mass is 32.2. The van der Waals surface area contributed by atoms with Crippen molar-refractivity contribution in [3.63, 3.8) is 0 Å². The van der Waals surface area contributed by atoms with Gasteiger partial charge in [-0.15, -0.1) is 0 Å². The maximum Gasteiger partial charge on any atom is 0.265 e. The number of methoxy groups -OCH3 is 2. The van der Waals surface area contributed by atoms with Gasteiger partial charge < -0.3 is 19.5 Å². The molecule has 180 valence electrons. The predicted molar refractivity (Wildman–Crippen MR) is 128 cm³/mol. The molecule has 0 fully saturated rings. The van der Waals surface area contributed by atoms with Crippen LogP contribution in [0.4, 0.5) is 5.69 Å². The van der Waals surface area contributed by atoms with Gasteiger partial charge in [0.25, 0.3) is 15.9 Å². The van der Waals surface area contributed by atoms with Gasteiger partial charge in [0, 0.05) is 37.2 Å². The van der Waals surface area contributed by atoms with Crippen molar-refractivity contribution in [2.75, 3.05) is 32.2 Å². The summed E-state index contributed by atoms with van der Waals surface area (Å²) < 4.78 is 44.1. The molecule has 1 amide bonds. The highest BCUT2D eigenvalue weighted by Crippen LogP contribution is 2.27. The van der Waals surface area contributed by atoms with Gasteiger partial charge in [0.1, 0.15) is 17.3 Å². The van der Waals surface area contributed by atoms with Crippen molar-refractivity contribution in [3.8, 4) is 11.6 Å². The Kier molecular flexibility index (Phi) is 8.44. The number of nitrogens with zero attached hydrogens (tertiary/aromatic N) is 1. The molecule has 1 heterocycles. The number of aryl methyl sites for hydroxylation is 1. The first-order valence-electron chi connectivity index (χ1n) is 10.4. The molecule has 3 rings (SSSR count). The van der Waals surface area contributed by atoms with E-state index in [4.69, 9.17) is 14.2 Å². The summed E-state index contributed by atoms with van der Waals surface area (Å²) in [5.41, 5.74) is 2.35. The fraction of sp³-hybridized carbons (Fsp3) is 0.250. The number of benzene rings is 2. The minimum absolute atomic E-state index is 0.129. The Morgan fingerprint density at radius 2 is 1.76 bits per heavy atom. The molecule has 0 aliphatic carbocycles. The van der Waals surface area contributed by atoms with Gasteiger partial charge in [-0.3, -0.25) is 9.52 Å². The summed E-state index contributed by atoms with van der Waals surface area (Å²) in [7, 11) is -1.04. The zero-order valence-electron chi connectivity index (χ0n) is 19.2. The Labute approximate surface area is 199 Å². The van der Waals surface area contributed by atoms with Crippen LogP contribution in [0.2, 0.25) is 0 Å². The quantitative estimate of drug-likeness (QED) is 0.401. The first-order valence-corrected chi connectivity index (χ1v) is 11.9. The third-order valence-electron chi connectivity index (χ3n) is 4.81. The number of pyridine rings is 1. The molecule has 0 bridgehead atoms. The van der Waals surface area contributed by atoms with E-state index in [0.717, 1.165) is 11.1 Å². The van der Waals surface area contributed by atoms with Crippen molar-refractivity contribution in [2.45, 2.75) is 18.4 Å². The van der Waals surface area contributed by atoms with Crippen molar-refractivity contribution in [3.05, 3.63) is 77.5 Å². The second-order valence-corrected chi connectivity index (χ2v) is 9.02. The van der Waals surface area contributed by atoms with Crippen LogP contribution in [0.15, 0.2) is 65.7 Å². The van der Waals surface area contributed by atoms with Gasteiger partial charge in [-0.1, -0.05) is 23.8 Å². The van der Waals surface area contributed by atoms with Crippen LogP contribution < -0.4 is 19.5 Å². The van der Waals surface area contributed by atoms with Crippen molar-refractivity contribution in [1.29, 1.82) is 0 Å². The molecular formula is C24H27N3O6S. The fourth-order valence-corrected chi connectivity index (χ4v) is 4.23. The van der Waals surface area contributed by atoms with Crippen LogP contribution in [0.1, 0.15) is 21.5 Å². The number of aromatic nitrogens is 1. The second-order valence-electron chi connectivity index (χ2n) is 7.37. The van der Waals surface area contributed by atoms with Gasteiger partial charge in [0.05, 0.1) is 13.7 Å². The molecule has 0 saturated carbocycles. The van der Waals surface area contributed by atoms with Crippen LogP contribution in [-0.2, 0) is 21.3 Å². The van der Waals surface area contributed by atoms with Crippen molar-refractivity contribution in [2.24, 2.45) is 0 Å². The Balaban J connectivity index is 1.70. The van der Waals surface area contributed by atoms with E-state index in [2.05, 4.69) is 15.0 Å². The Bertz CT molecular complexity index is 1210. The Morgan fingerprint density at radius 1 is 1.00 bits per heavy atom. The molecule has 0 saturated heterocycles. The van der Waals surface area contributed by atoms with Crippen molar-refractivity contribution in [1.82, 2.24) is 10.3 Å². The van der Waals surface area contributed by atoms with Crippen LogP contribution in [0.5, 0.6) is 11.6 Å². The lowest BCUT2D eigenvalue weighted by molar-refractivity contribution is 0.0950. The van der Waals surface area contributed by atoms with E-state index >= 15 is 0 Å². The minimum Gasteiger partial charge on any atom is -0.495 e. The number of sulfonamides is 1. The molecule has 0 atom stereocenters. The molecule has 34 heavy (non-hydrogen) atoms. The molecule has 0 unspecified atom stereocenters. The van der Waals surface area contributed by atoms with Gasteiger partial charge >= 0.3 is 0 Å². The lowest BCUT2D eigenvalue weighted by Crippen LogP contribution is -2.23. The number of nitrogens with one attached hydrogen (secondary N) is 2. The summed E-state index contributed by atoms with van der Waals surface area (Å²) in [6.45, 7) is 2.96. The zero-order valence-corrected chi connectivity index (χ0v) is 20.0. The summed E-state index contributed by atoms with van der Waals surface area (Å²) >= 11 is 0. The number of carbonyl (C=O) groups excluding carboxylic acids is 1. The molecule has 0 aliphatic rings. The van der Waals surface area contributed by atoms with Gasteiger partial charge in [0.2, 0.25) is 5.88 Å². The largest absolute Gasteiger partial charge is 0.495 e. The molecule has 9 nitrogen and oxygen atoms in total. The maximum absolute atomic E-state index is 13.0. The third kappa shape index (κ3) is 6.69. The van der Waals surface area contributed by atoms with Crippen LogP contribution >= 0.6 is 0 Å². The van der Waals surface area contributed by atoms with E-state index < -0.39 is 15.9 Å². The zero-order chi connectivity index (χ0) is 24.6. The van der Waals surface area contributed by atoms with E-state index in [0.29, 0.717) is 24.8 Å². The molecule has 0 radical (unpaired) electrons. The molecule has 2 N–H and O–H groups in total. The molecule has 10 heteroatoms. The van der Waals surface area contributed by atoms with Crippen molar-refractivity contribution < 1.29 is 27.4 Å². The van der Waals surface area contributed by atoms with Gasteiger partial charge in [-0.25, -0.2) is 13.4 Å². The SMILES string of the molecule is COCCOc1ccc(CNC(=O)c2ccc(OC)c(S(=O)(=O)Nc3ccc(C)cc3)c2)cn1. The molecule has 3 aromatic rings. The lowest BCUT2D eigenvalue weighted by atomic mass is 10.2. The fourth-order valence-electron chi connectivity index (χ4n) is 2.97. The van der Waals surface area contributed by atoms with E-state index in [9.17, 15) is 13.2 Å². The van der Waals surface area contributed by atoms with Gasteiger partial charge in [0.15, 0.2) is 0 Å². The van der Waals surface area contributed by atoms with Crippen LogP contribution in [0.25, 0.3) is 0 Å². The van der Waals surface area contributed by atoms with E-state index in [1.807, 2.05) is 6.92 Å². The highest BCUT2D eigenvalue weighted by molar-refractivity contribution is 7.92. The average molecular weight is 486 g/mol. The standard InChI is InChI=1S/C24H27N3O6S/c1-17-4-8-20(9-5-17)27-34(29,30)22-14-19(7-10-21(22)32-3)24(28)26-16-18-6-11-23(25-15-18)33-13-12-31-2/h4-11,14-15,27H,12-13,16H2,1-3H3,(H,26,28). The van der Waals surface area contributed by atoms with E-state index in [-0.39, 0.29) is 22.8 Å². The van der Waals surface area contributed by atoms with E-state index in [1.54, 1.807) is 49.7 Å². The number of carbonyl (C=O) groups is 1. The molecular weight excluding hydrogens is 458 g/mol. The van der Waals surface area contributed by atoms with E-state index in [1.165, 1.54) is 25.3 Å². The Hall–Kier alpha value is -3.63. The third-order valence-corrected chi connectivity index (χ3v) is 6.21. The number of hydrogen-bond acceptors (Lipinski definition) is 7. The maximum atomic E-state index is 13.0. The predicted octanol–water partition coefficient (Wildman–Crippen LogP) is 3.15. The smallest absolute Gasteiger partial charge is 0.265 e. The number of anilines is 1. The molecule has 0 aliphatic heterocycles. The number of amides is 1. The van der Waals surface area contributed by atoms with Crippen molar-refractivity contribution >= 4 is 21.6 Å².